The summed E-state index contributed by atoms with van der Waals surface area (Å²) in [6.07, 6.45) is 5.03. The molecular formula is C24H18Cl3NO2. The molecule has 1 saturated heterocycles. The zero-order chi connectivity index (χ0) is 21.6. The number of nitrogens with zero attached hydrogens (tertiary/aromatic N) is 1. The van der Waals surface area contributed by atoms with Gasteiger partial charge in [0.2, 0.25) is 5.91 Å². The molecule has 1 heterocycles. The van der Waals surface area contributed by atoms with E-state index in [1.165, 1.54) is 6.08 Å². The number of Topliss-reactive ketones (excluding diaryl/α,β-unsaturated/α-hetero) is 1. The lowest BCUT2D eigenvalue weighted by Gasteiger charge is -2.57. The van der Waals surface area contributed by atoms with Crippen molar-refractivity contribution < 1.29 is 9.59 Å². The van der Waals surface area contributed by atoms with Crippen LogP contribution >= 0.6 is 34.8 Å². The molecule has 2 aromatic carbocycles. The fourth-order valence-corrected chi connectivity index (χ4v) is 4.42. The number of amides is 1. The van der Waals surface area contributed by atoms with Crippen LogP contribution in [0.15, 0.2) is 60.2 Å². The molecular weight excluding hydrogens is 441 g/mol. The van der Waals surface area contributed by atoms with E-state index in [2.05, 4.69) is 6.58 Å². The van der Waals surface area contributed by atoms with Gasteiger partial charge >= 0.3 is 0 Å². The van der Waals surface area contributed by atoms with E-state index >= 15 is 0 Å². The molecule has 1 aliphatic heterocycles. The van der Waals surface area contributed by atoms with Crippen LogP contribution in [0.25, 0.3) is 12.2 Å². The Morgan fingerprint density at radius 2 is 1.53 bits per heavy atom. The van der Waals surface area contributed by atoms with Gasteiger partial charge in [-0.3, -0.25) is 9.59 Å². The van der Waals surface area contributed by atoms with Crippen LogP contribution in [0.5, 0.6) is 0 Å². The van der Waals surface area contributed by atoms with Gasteiger partial charge < -0.3 is 4.90 Å². The SMILES string of the molecule is C=CC(=O)N1CC2(C1)/C(=C\c1ccc(Cl)c(C)c1)C(=O)/C2=C/c1ccc(Cl)c(Cl)c1. The van der Waals surface area contributed by atoms with Gasteiger partial charge in [0.1, 0.15) is 0 Å². The van der Waals surface area contributed by atoms with E-state index < -0.39 is 5.41 Å². The molecule has 4 rings (SSSR count). The quantitative estimate of drug-likeness (QED) is 0.527. The van der Waals surface area contributed by atoms with E-state index in [4.69, 9.17) is 34.8 Å². The smallest absolute Gasteiger partial charge is 0.246 e. The van der Waals surface area contributed by atoms with E-state index in [1.54, 1.807) is 17.0 Å². The van der Waals surface area contributed by atoms with Crippen LogP contribution in [-0.2, 0) is 9.59 Å². The first-order valence-electron chi connectivity index (χ1n) is 9.37. The van der Waals surface area contributed by atoms with Crippen LogP contribution in [0.2, 0.25) is 15.1 Å². The minimum atomic E-state index is -0.491. The number of likely N-dealkylation sites (tertiary alicyclic amines) is 1. The van der Waals surface area contributed by atoms with E-state index in [9.17, 15) is 9.59 Å². The molecule has 2 fully saturated rings. The summed E-state index contributed by atoms with van der Waals surface area (Å²) in [5.74, 6) is -0.171. The van der Waals surface area contributed by atoms with Crippen LogP contribution in [0.4, 0.5) is 0 Å². The minimum Gasteiger partial charge on any atom is -0.337 e. The van der Waals surface area contributed by atoms with Crippen molar-refractivity contribution in [1.29, 1.82) is 0 Å². The molecule has 6 heteroatoms. The number of hydrogen-bond acceptors (Lipinski definition) is 2. The second-order valence-corrected chi connectivity index (χ2v) is 8.83. The lowest BCUT2D eigenvalue weighted by Crippen LogP contribution is -2.66. The Morgan fingerprint density at radius 3 is 2.07 bits per heavy atom. The number of benzene rings is 2. The Kier molecular flexibility index (Phi) is 5.39. The normalized spacial score (nSPS) is 19.7. The van der Waals surface area contributed by atoms with Crippen molar-refractivity contribution in [2.24, 2.45) is 5.41 Å². The fraction of sp³-hybridized carbons (Fsp3) is 0.167. The average molecular weight is 459 g/mol. The molecule has 0 radical (unpaired) electrons. The molecule has 2 aliphatic rings. The predicted molar refractivity (Wildman–Crippen MR) is 123 cm³/mol. The largest absolute Gasteiger partial charge is 0.337 e. The number of ketones is 1. The first-order chi connectivity index (χ1) is 14.2. The summed E-state index contributed by atoms with van der Waals surface area (Å²) >= 11 is 18.3. The van der Waals surface area contributed by atoms with Crippen molar-refractivity contribution in [2.45, 2.75) is 6.92 Å². The monoisotopic (exact) mass is 457 g/mol. The summed E-state index contributed by atoms with van der Waals surface area (Å²) in [5.41, 5.74) is 3.52. The molecule has 2 aromatic rings. The molecule has 1 saturated carbocycles. The highest BCUT2D eigenvalue weighted by Gasteiger charge is 2.61. The third kappa shape index (κ3) is 3.41. The van der Waals surface area contributed by atoms with E-state index in [-0.39, 0.29) is 11.7 Å². The Balaban J connectivity index is 1.74. The summed E-state index contributed by atoms with van der Waals surface area (Å²) in [6.45, 7) is 6.35. The third-order valence-corrected chi connectivity index (χ3v) is 6.84. The van der Waals surface area contributed by atoms with Crippen LogP contribution in [0.1, 0.15) is 16.7 Å². The maximum Gasteiger partial charge on any atom is 0.246 e. The highest BCUT2D eigenvalue weighted by atomic mass is 35.5. The summed E-state index contributed by atoms with van der Waals surface area (Å²) < 4.78 is 0. The number of rotatable bonds is 3. The molecule has 30 heavy (non-hydrogen) atoms. The zero-order valence-corrected chi connectivity index (χ0v) is 18.5. The lowest BCUT2D eigenvalue weighted by atomic mass is 9.54. The van der Waals surface area contributed by atoms with Crippen LogP contribution in [0, 0.1) is 12.3 Å². The second-order valence-electron chi connectivity index (χ2n) is 7.61. The van der Waals surface area contributed by atoms with Crippen molar-refractivity contribution in [3.63, 3.8) is 0 Å². The molecule has 1 spiro atoms. The molecule has 0 aromatic heterocycles. The third-order valence-electron chi connectivity index (χ3n) is 5.68. The summed E-state index contributed by atoms with van der Waals surface area (Å²) in [6, 6.07) is 10.9. The number of carbonyl (C=O) groups is 2. The summed E-state index contributed by atoms with van der Waals surface area (Å²) in [5, 5.41) is 1.56. The first kappa shape index (κ1) is 20.9. The van der Waals surface area contributed by atoms with Crippen molar-refractivity contribution in [3.8, 4) is 0 Å². The van der Waals surface area contributed by atoms with Crippen LogP contribution in [0.3, 0.4) is 0 Å². The molecule has 3 nitrogen and oxygen atoms in total. The van der Waals surface area contributed by atoms with Gasteiger partial charge in [-0.2, -0.15) is 0 Å². The van der Waals surface area contributed by atoms with Crippen molar-refractivity contribution in [1.82, 2.24) is 4.90 Å². The second kappa shape index (κ2) is 7.73. The summed E-state index contributed by atoms with van der Waals surface area (Å²) in [7, 11) is 0. The average Bonchev–Trinajstić information content (AvgIpc) is 2.69. The van der Waals surface area contributed by atoms with E-state index in [0.29, 0.717) is 39.3 Å². The van der Waals surface area contributed by atoms with Crippen molar-refractivity contribution in [3.05, 3.63) is 92.0 Å². The van der Waals surface area contributed by atoms with Crippen LogP contribution in [-0.4, -0.2) is 29.7 Å². The topological polar surface area (TPSA) is 37.4 Å². The fourth-order valence-electron chi connectivity index (χ4n) is 3.99. The molecule has 1 aliphatic carbocycles. The van der Waals surface area contributed by atoms with E-state index in [0.717, 1.165) is 16.7 Å². The van der Waals surface area contributed by atoms with Gasteiger partial charge in [0, 0.05) is 29.3 Å². The standard InChI is InChI=1S/C24H18Cl3NO2/c1-3-22(29)28-12-24(13-28)17(9-15-4-6-19(25)14(2)8-15)23(30)18(24)10-16-5-7-20(26)21(27)11-16/h3-11H,1,12-13H2,2H3/b17-9-,18-10-. The Labute approximate surface area is 190 Å². The van der Waals surface area contributed by atoms with Gasteiger partial charge in [-0.05, 0) is 60.0 Å². The van der Waals surface area contributed by atoms with Gasteiger partial charge in [0.25, 0.3) is 0 Å². The summed E-state index contributed by atoms with van der Waals surface area (Å²) in [4.78, 5) is 26.8. The number of carbonyl (C=O) groups excluding carboxylic acids is 2. The molecule has 0 N–H and O–H groups in total. The van der Waals surface area contributed by atoms with Gasteiger partial charge in [-0.25, -0.2) is 0 Å². The molecule has 1 amide bonds. The predicted octanol–water partition coefficient (Wildman–Crippen LogP) is 6.02. The first-order valence-corrected chi connectivity index (χ1v) is 10.5. The highest BCUT2D eigenvalue weighted by Crippen LogP contribution is 2.55. The Bertz CT molecular complexity index is 1080. The number of aryl methyl sites for hydroxylation is 1. The van der Waals surface area contributed by atoms with Gasteiger partial charge in [-0.15, -0.1) is 0 Å². The van der Waals surface area contributed by atoms with Gasteiger partial charge in [0.05, 0.1) is 15.5 Å². The van der Waals surface area contributed by atoms with Crippen molar-refractivity contribution in [2.75, 3.05) is 13.1 Å². The van der Waals surface area contributed by atoms with Crippen LogP contribution < -0.4 is 0 Å². The van der Waals surface area contributed by atoms with Crippen molar-refractivity contribution >= 4 is 58.6 Å². The molecule has 152 valence electrons. The highest BCUT2D eigenvalue weighted by molar-refractivity contribution is 6.42. The maximum atomic E-state index is 13.1. The van der Waals surface area contributed by atoms with Gasteiger partial charge in [0.15, 0.2) is 5.78 Å². The minimum absolute atomic E-state index is 0.0284. The zero-order valence-electron chi connectivity index (χ0n) is 16.2. The van der Waals surface area contributed by atoms with E-state index in [1.807, 2.05) is 43.3 Å². The molecule has 0 atom stereocenters. The molecule has 0 unspecified atom stereocenters. The maximum absolute atomic E-state index is 13.1. The van der Waals surface area contributed by atoms with Gasteiger partial charge in [-0.1, -0.05) is 59.6 Å². The number of hydrogen-bond donors (Lipinski definition) is 0. The molecule has 0 bridgehead atoms. The number of halogens is 3. The Hall–Kier alpha value is -2.33. The Morgan fingerprint density at radius 1 is 0.967 bits per heavy atom. The lowest BCUT2D eigenvalue weighted by molar-refractivity contribution is -0.139.